The van der Waals surface area contributed by atoms with Gasteiger partial charge in [0, 0.05) is 6.61 Å². The smallest absolute Gasteiger partial charge is 0.294 e. The molecule has 0 aliphatic carbocycles. The highest BCUT2D eigenvalue weighted by Crippen LogP contribution is 2.12. The lowest BCUT2D eigenvalue weighted by molar-refractivity contribution is 0.282. The zero-order valence-electron chi connectivity index (χ0n) is 17.6. The van der Waals surface area contributed by atoms with Crippen LogP contribution in [0.25, 0.3) is 0 Å². The second-order valence-electron chi connectivity index (χ2n) is 7.43. The summed E-state index contributed by atoms with van der Waals surface area (Å²) in [6.07, 6.45) is 12.9. The number of aliphatic hydroxyl groups is 1. The topological polar surface area (TPSA) is 74.6 Å². The van der Waals surface area contributed by atoms with Crippen LogP contribution in [0.3, 0.4) is 0 Å². The third-order valence-corrected chi connectivity index (χ3v) is 5.65. The van der Waals surface area contributed by atoms with Gasteiger partial charge in [-0.3, -0.25) is 4.55 Å². The fourth-order valence-electron chi connectivity index (χ4n) is 3.03. The number of hydrogen-bond donors (Lipinski definition) is 2. The molecule has 0 aliphatic rings. The van der Waals surface area contributed by atoms with Crippen LogP contribution in [-0.4, -0.2) is 24.7 Å². The van der Waals surface area contributed by atoms with Gasteiger partial charge in [-0.1, -0.05) is 93.0 Å². The summed E-state index contributed by atoms with van der Waals surface area (Å²) in [5, 5.41) is 8.66. The van der Waals surface area contributed by atoms with Gasteiger partial charge in [-0.15, -0.1) is 0 Å². The van der Waals surface area contributed by atoms with Crippen molar-refractivity contribution in [3.63, 3.8) is 0 Å². The van der Waals surface area contributed by atoms with Crippen LogP contribution in [0.15, 0.2) is 59.5 Å². The molecule has 0 saturated heterocycles. The molecule has 2 aromatic carbocycles. The molecule has 2 aromatic rings. The van der Waals surface area contributed by atoms with Gasteiger partial charge in [-0.25, -0.2) is 0 Å². The zero-order chi connectivity index (χ0) is 21.4. The Morgan fingerprint density at radius 3 is 1.66 bits per heavy atom. The molecule has 0 heterocycles. The van der Waals surface area contributed by atoms with E-state index < -0.39 is 10.1 Å². The highest BCUT2D eigenvalue weighted by molar-refractivity contribution is 7.85. The molecule has 0 spiro atoms. The Kier molecular flexibility index (Phi) is 13.3. The van der Waals surface area contributed by atoms with E-state index in [1.807, 2.05) is 6.92 Å². The predicted octanol–water partition coefficient (Wildman–Crippen LogP) is 5.97. The molecule has 0 atom stereocenters. The van der Waals surface area contributed by atoms with Crippen LogP contribution in [-0.2, 0) is 16.5 Å². The lowest BCUT2D eigenvalue weighted by Gasteiger charge is -2.02. The third-order valence-electron chi connectivity index (χ3n) is 4.79. The Bertz CT molecular complexity index is 740. The largest absolute Gasteiger partial charge is 0.396 e. The van der Waals surface area contributed by atoms with Crippen LogP contribution in [0, 0.1) is 6.92 Å². The van der Waals surface area contributed by atoms with Crippen molar-refractivity contribution < 1.29 is 18.1 Å². The summed E-state index contributed by atoms with van der Waals surface area (Å²) in [6.45, 7) is 2.20. The minimum atomic E-state index is -4.02. The Hall–Kier alpha value is -1.69. The Morgan fingerprint density at radius 1 is 0.690 bits per heavy atom. The summed E-state index contributed by atoms with van der Waals surface area (Å²) >= 11 is 0. The first kappa shape index (κ1) is 25.3. The summed E-state index contributed by atoms with van der Waals surface area (Å²) in [5.74, 6) is 0. The summed E-state index contributed by atoms with van der Waals surface area (Å²) in [6, 6.07) is 16.8. The fourth-order valence-corrected chi connectivity index (χ4v) is 3.51. The van der Waals surface area contributed by atoms with Crippen molar-refractivity contribution >= 4 is 10.1 Å². The quantitative estimate of drug-likeness (QED) is 0.327. The van der Waals surface area contributed by atoms with Gasteiger partial charge in [0.2, 0.25) is 0 Å². The Labute approximate surface area is 176 Å². The first-order valence-corrected chi connectivity index (χ1v) is 12.1. The molecule has 0 radical (unpaired) electrons. The van der Waals surface area contributed by atoms with Crippen molar-refractivity contribution in [3.05, 3.63) is 65.7 Å². The molecule has 0 aromatic heterocycles. The van der Waals surface area contributed by atoms with E-state index in [9.17, 15) is 8.42 Å². The van der Waals surface area contributed by atoms with Crippen molar-refractivity contribution in [3.8, 4) is 0 Å². The van der Waals surface area contributed by atoms with E-state index in [1.54, 1.807) is 12.1 Å². The number of hydrogen-bond acceptors (Lipinski definition) is 3. The second-order valence-corrected chi connectivity index (χ2v) is 8.85. The summed E-state index contributed by atoms with van der Waals surface area (Å²) in [4.78, 5) is -0.0666. The van der Waals surface area contributed by atoms with E-state index in [2.05, 4.69) is 30.3 Å². The second kappa shape index (κ2) is 15.2. The van der Waals surface area contributed by atoms with Gasteiger partial charge in [0.1, 0.15) is 0 Å². The average Bonchev–Trinajstić information content (AvgIpc) is 2.70. The van der Waals surface area contributed by atoms with Gasteiger partial charge in [0.25, 0.3) is 10.1 Å². The number of unbranched alkanes of at least 4 members (excludes halogenated alkanes) is 8. The molecule has 0 amide bonds. The molecule has 29 heavy (non-hydrogen) atoms. The highest BCUT2D eigenvalue weighted by Gasteiger charge is 2.06. The Balaban J connectivity index is 0.000000326. The minimum absolute atomic E-state index is 0.0666. The van der Waals surface area contributed by atoms with Crippen molar-refractivity contribution in [1.82, 2.24) is 0 Å². The van der Waals surface area contributed by atoms with Gasteiger partial charge in [-0.05, 0) is 43.9 Å². The Morgan fingerprint density at radius 2 is 1.17 bits per heavy atom. The molecule has 0 fully saturated rings. The van der Waals surface area contributed by atoms with Crippen LogP contribution in [0.1, 0.15) is 68.9 Å². The lowest BCUT2D eigenvalue weighted by atomic mass is 10.0. The van der Waals surface area contributed by atoms with E-state index in [1.165, 1.54) is 75.5 Å². The summed E-state index contributed by atoms with van der Waals surface area (Å²) in [7, 11) is -4.02. The predicted molar refractivity (Wildman–Crippen MR) is 120 cm³/mol. The lowest BCUT2D eigenvalue weighted by Crippen LogP contribution is -1.96. The van der Waals surface area contributed by atoms with E-state index in [0.717, 1.165) is 12.0 Å². The summed E-state index contributed by atoms with van der Waals surface area (Å²) < 4.78 is 29.6. The van der Waals surface area contributed by atoms with Crippen LogP contribution in [0.5, 0.6) is 0 Å². The van der Waals surface area contributed by atoms with Gasteiger partial charge in [0.05, 0.1) is 4.90 Å². The SMILES string of the molecule is Cc1ccc(S(=O)(=O)O)cc1.OCCCCCCCCCCCc1ccccc1. The fraction of sp³-hybridized carbons (Fsp3) is 0.500. The molecule has 5 heteroatoms. The van der Waals surface area contributed by atoms with Crippen molar-refractivity contribution in [2.45, 2.75) is 76.0 Å². The molecular weight excluding hydrogens is 384 g/mol. The van der Waals surface area contributed by atoms with Gasteiger partial charge < -0.3 is 5.11 Å². The van der Waals surface area contributed by atoms with E-state index >= 15 is 0 Å². The third kappa shape index (κ3) is 13.2. The van der Waals surface area contributed by atoms with E-state index in [4.69, 9.17) is 9.66 Å². The summed E-state index contributed by atoms with van der Waals surface area (Å²) in [5.41, 5.74) is 2.43. The molecular formula is C24H36O4S. The van der Waals surface area contributed by atoms with Crippen molar-refractivity contribution in [2.24, 2.45) is 0 Å². The van der Waals surface area contributed by atoms with Crippen LogP contribution >= 0.6 is 0 Å². The maximum Gasteiger partial charge on any atom is 0.294 e. The molecule has 0 bridgehead atoms. The number of rotatable bonds is 12. The van der Waals surface area contributed by atoms with E-state index in [-0.39, 0.29) is 4.90 Å². The standard InChI is InChI=1S/C17H28O.C7H8O3S/c18-16-12-7-5-3-1-2-4-6-9-13-17-14-10-8-11-15-17;1-6-2-4-7(5-3-6)11(8,9)10/h8,10-11,14-15,18H,1-7,9,12-13,16H2;2-5H,1H3,(H,8,9,10). The van der Waals surface area contributed by atoms with E-state index in [0.29, 0.717) is 6.61 Å². The maximum atomic E-state index is 10.5. The van der Waals surface area contributed by atoms with Gasteiger partial charge in [0.15, 0.2) is 0 Å². The van der Waals surface area contributed by atoms with Crippen LogP contribution in [0.2, 0.25) is 0 Å². The molecule has 162 valence electrons. The highest BCUT2D eigenvalue weighted by atomic mass is 32.2. The number of aryl methyl sites for hydroxylation is 2. The molecule has 2 rings (SSSR count). The molecule has 0 aliphatic heterocycles. The first-order chi connectivity index (χ1) is 13.9. The van der Waals surface area contributed by atoms with Crippen molar-refractivity contribution in [2.75, 3.05) is 6.61 Å². The molecule has 0 unspecified atom stereocenters. The molecule has 4 nitrogen and oxygen atoms in total. The van der Waals surface area contributed by atoms with Crippen LogP contribution < -0.4 is 0 Å². The van der Waals surface area contributed by atoms with Crippen LogP contribution in [0.4, 0.5) is 0 Å². The minimum Gasteiger partial charge on any atom is -0.396 e. The average molecular weight is 421 g/mol. The number of aliphatic hydroxyl groups excluding tert-OH is 1. The van der Waals surface area contributed by atoms with Gasteiger partial charge in [-0.2, -0.15) is 8.42 Å². The number of benzene rings is 2. The van der Waals surface area contributed by atoms with Crippen molar-refractivity contribution in [1.29, 1.82) is 0 Å². The first-order valence-electron chi connectivity index (χ1n) is 10.6. The monoisotopic (exact) mass is 420 g/mol. The molecule has 2 N–H and O–H groups in total. The normalized spacial score (nSPS) is 11.0. The molecule has 0 saturated carbocycles. The zero-order valence-corrected chi connectivity index (χ0v) is 18.4. The maximum absolute atomic E-state index is 10.5. The van der Waals surface area contributed by atoms with Gasteiger partial charge >= 0.3 is 0 Å².